The van der Waals surface area contributed by atoms with Crippen LogP contribution in [-0.2, 0) is 0 Å². The molecule has 1 aromatic rings. The Kier molecular flexibility index (Phi) is 2.08. The highest BCUT2D eigenvalue weighted by molar-refractivity contribution is 5.37. The van der Waals surface area contributed by atoms with Gasteiger partial charge in [-0.15, -0.1) is 5.10 Å². The molecule has 0 radical (unpaired) electrons. The minimum absolute atomic E-state index is 0.109. The van der Waals surface area contributed by atoms with Crippen molar-refractivity contribution in [1.82, 2.24) is 15.2 Å². The Morgan fingerprint density at radius 3 is 2.79 bits per heavy atom. The van der Waals surface area contributed by atoms with Gasteiger partial charge in [-0.05, 0) is 0 Å². The van der Waals surface area contributed by atoms with Gasteiger partial charge in [0.1, 0.15) is 0 Å². The largest absolute Gasteiger partial charge is 0.396 e. The number of rotatable bonds is 2. The second-order valence-electron chi connectivity index (χ2n) is 3.28. The molecule has 7 nitrogen and oxygen atoms in total. The Hall–Kier alpha value is -1.63. The lowest BCUT2D eigenvalue weighted by atomic mass is 10.0. The van der Waals surface area contributed by atoms with Crippen molar-refractivity contribution in [1.29, 1.82) is 0 Å². The molecular weight excluding hydrogens is 188 g/mol. The molecule has 0 bridgehead atoms. The Morgan fingerprint density at radius 1 is 1.50 bits per heavy atom. The summed E-state index contributed by atoms with van der Waals surface area (Å²) < 4.78 is 0. The predicted octanol–water partition coefficient (Wildman–Crippen LogP) is -2.11. The van der Waals surface area contributed by atoms with Crippen LogP contribution in [0.2, 0.25) is 0 Å². The topological polar surface area (TPSA) is 102 Å². The van der Waals surface area contributed by atoms with Crippen LogP contribution in [-0.4, -0.2) is 40.0 Å². The molecule has 1 aliphatic rings. The Bertz CT molecular complexity index is 431. The maximum absolute atomic E-state index is 11.2. The standard InChI is InChI=1S/C7H10N4O3/c12-3-4-1-11(2-4)5-6(13)8-7(14)10-9-5/h4,12H,1-3H2,(H2,8,10,13,14). The number of anilines is 1. The molecule has 0 spiro atoms. The van der Waals surface area contributed by atoms with Crippen LogP contribution in [0.15, 0.2) is 9.59 Å². The van der Waals surface area contributed by atoms with Crippen LogP contribution in [0.4, 0.5) is 5.82 Å². The summed E-state index contributed by atoms with van der Waals surface area (Å²) in [5.41, 5.74) is -1.11. The van der Waals surface area contributed by atoms with E-state index >= 15 is 0 Å². The summed E-state index contributed by atoms with van der Waals surface area (Å²) in [6.45, 7) is 1.30. The molecule has 2 heterocycles. The third-order valence-electron chi connectivity index (χ3n) is 2.21. The summed E-state index contributed by atoms with van der Waals surface area (Å²) >= 11 is 0. The van der Waals surface area contributed by atoms with Crippen molar-refractivity contribution in [3.63, 3.8) is 0 Å². The van der Waals surface area contributed by atoms with Crippen molar-refractivity contribution in [2.45, 2.75) is 0 Å². The number of H-pyrrole nitrogens is 2. The third-order valence-corrected chi connectivity index (χ3v) is 2.21. The fourth-order valence-electron chi connectivity index (χ4n) is 1.41. The number of aromatic nitrogens is 3. The molecule has 1 aromatic heterocycles. The van der Waals surface area contributed by atoms with Crippen LogP contribution >= 0.6 is 0 Å². The number of aliphatic hydroxyl groups is 1. The van der Waals surface area contributed by atoms with E-state index in [1.807, 2.05) is 0 Å². The zero-order valence-electron chi connectivity index (χ0n) is 7.36. The van der Waals surface area contributed by atoms with Crippen LogP contribution in [0.5, 0.6) is 0 Å². The van der Waals surface area contributed by atoms with Crippen LogP contribution in [0, 0.1) is 5.92 Å². The zero-order chi connectivity index (χ0) is 10.1. The molecule has 0 amide bonds. The van der Waals surface area contributed by atoms with E-state index in [4.69, 9.17) is 5.11 Å². The molecular formula is C7H10N4O3. The summed E-state index contributed by atoms with van der Waals surface area (Å²) in [6.07, 6.45) is 0. The minimum Gasteiger partial charge on any atom is -0.396 e. The van der Waals surface area contributed by atoms with Gasteiger partial charge in [0.05, 0.1) is 0 Å². The van der Waals surface area contributed by atoms with Crippen molar-refractivity contribution >= 4 is 5.82 Å². The normalized spacial score (nSPS) is 16.8. The average Bonchev–Trinajstić information content (AvgIpc) is 2.06. The highest BCUT2D eigenvalue weighted by atomic mass is 16.3. The molecule has 1 fully saturated rings. The molecule has 7 heteroatoms. The SMILES string of the molecule is O=c1[nH]nc(N2CC(CO)C2)c(=O)[nH]1. The van der Waals surface area contributed by atoms with E-state index in [0.717, 1.165) is 0 Å². The van der Waals surface area contributed by atoms with E-state index in [1.54, 1.807) is 4.90 Å². The van der Waals surface area contributed by atoms with Gasteiger partial charge >= 0.3 is 5.69 Å². The quantitative estimate of drug-likeness (QED) is 0.504. The molecule has 0 atom stereocenters. The molecule has 3 N–H and O–H groups in total. The Labute approximate surface area is 78.4 Å². The number of hydrogen-bond donors (Lipinski definition) is 3. The first kappa shape index (κ1) is 8.95. The smallest absolute Gasteiger partial charge is 0.342 e. The first-order valence-corrected chi connectivity index (χ1v) is 4.25. The van der Waals surface area contributed by atoms with E-state index in [1.165, 1.54) is 0 Å². The maximum atomic E-state index is 11.2. The van der Waals surface area contributed by atoms with E-state index in [2.05, 4.69) is 15.2 Å². The lowest BCUT2D eigenvalue weighted by Crippen LogP contribution is -2.51. The fourth-order valence-corrected chi connectivity index (χ4v) is 1.41. The van der Waals surface area contributed by atoms with Crippen molar-refractivity contribution < 1.29 is 5.11 Å². The molecule has 76 valence electrons. The molecule has 2 rings (SSSR count). The van der Waals surface area contributed by atoms with Crippen LogP contribution in [0.1, 0.15) is 0 Å². The van der Waals surface area contributed by atoms with Gasteiger partial charge in [-0.2, -0.15) is 0 Å². The second kappa shape index (κ2) is 3.26. The number of nitrogens with one attached hydrogen (secondary N) is 2. The summed E-state index contributed by atoms with van der Waals surface area (Å²) in [4.78, 5) is 25.7. The first-order valence-electron chi connectivity index (χ1n) is 4.25. The van der Waals surface area contributed by atoms with Crippen molar-refractivity contribution in [2.24, 2.45) is 5.92 Å². The summed E-state index contributed by atoms with van der Waals surface area (Å²) in [5, 5.41) is 14.6. The van der Waals surface area contributed by atoms with Crippen molar-refractivity contribution in [3.8, 4) is 0 Å². The summed E-state index contributed by atoms with van der Waals surface area (Å²) in [5.74, 6) is 0.400. The average molecular weight is 198 g/mol. The van der Waals surface area contributed by atoms with E-state index in [0.29, 0.717) is 13.1 Å². The summed E-state index contributed by atoms with van der Waals surface area (Å²) in [6, 6.07) is 0. The van der Waals surface area contributed by atoms with Crippen molar-refractivity contribution in [3.05, 3.63) is 20.8 Å². The van der Waals surface area contributed by atoms with Crippen LogP contribution in [0.25, 0.3) is 0 Å². The van der Waals surface area contributed by atoms with Gasteiger partial charge in [-0.1, -0.05) is 0 Å². The predicted molar refractivity (Wildman–Crippen MR) is 48.3 cm³/mol. The highest BCUT2D eigenvalue weighted by Gasteiger charge is 2.28. The lowest BCUT2D eigenvalue weighted by Gasteiger charge is -2.38. The number of aromatic amines is 2. The molecule has 0 saturated carbocycles. The molecule has 1 saturated heterocycles. The molecule has 0 aliphatic carbocycles. The molecule has 0 aromatic carbocycles. The maximum Gasteiger partial charge on any atom is 0.342 e. The molecule has 1 aliphatic heterocycles. The number of aliphatic hydroxyl groups excluding tert-OH is 1. The first-order chi connectivity index (χ1) is 6.70. The third kappa shape index (κ3) is 1.41. The second-order valence-corrected chi connectivity index (χ2v) is 3.28. The van der Waals surface area contributed by atoms with E-state index in [9.17, 15) is 9.59 Å². The lowest BCUT2D eigenvalue weighted by molar-refractivity contribution is 0.200. The Balaban J connectivity index is 2.19. The number of nitrogens with zero attached hydrogens (tertiary/aromatic N) is 2. The molecule has 14 heavy (non-hydrogen) atoms. The highest BCUT2D eigenvalue weighted by Crippen LogP contribution is 2.17. The molecule has 0 unspecified atom stereocenters. The summed E-state index contributed by atoms with van der Waals surface area (Å²) in [7, 11) is 0. The van der Waals surface area contributed by atoms with Gasteiger partial charge in [-0.25, -0.2) is 9.89 Å². The van der Waals surface area contributed by atoms with E-state index < -0.39 is 11.2 Å². The van der Waals surface area contributed by atoms with Gasteiger partial charge in [0.15, 0.2) is 0 Å². The monoisotopic (exact) mass is 198 g/mol. The van der Waals surface area contributed by atoms with E-state index in [-0.39, 0.29) is 18.3 Å². The number of hydrogen-bond acceptors (Lipinski definition) is 5. The van der Waals surface area contributed by atoms with Crippen molar-refractivity contribution in [2.75, 3.05) is 24.6 Å². The van der Waals surface area contributed by atoms with Gasteiger partial charge in [0.25, 0.3) is 5.56 Å². The van der Waals surface area contributed by atoms with Gasteiger partial charge < -0.3 is 10.0 Å². The van der Waals surface area contributed by atoms with Gasteiger partial charge in [-0.3, -0.25) is 9.78 Å². The van der Waals surface area contributed by atoms with Crippen LogP contribution in [0.3, 0.4) is 0 Å². The van der Waals surface area contributed by atoms with Gasteiger partial charge in [0.2, 0.25) is 5.82 Å². The fraction of sp³-hybridized carbons (Fsp3) is 0.571. The van der Waals surface area contributed by atoms with Gasteiger partial charge in [0, 0.05) is 25.6 Å². The van der Waals surface area contributed by atoms with Crippen LogP contribution < -0.4 is 16.1 Å². The zero-order valence-corrected chi connectivity index (χ0v) is 7.36. The minimum atomic E-state index is -0.613. The Morgan fingerprint density at radius 2 is 2.21 bits per heavy atom.